The molecule has 0 bridgehead atoms. The van der Waals surface area contributed by atoms with Crippen molar-refractivity contribution in [3.05, 3.63) is 35.9 Å². The van der Waals surface area contributed by atoms with Crippen LogP contribution in [0.15, 0.2) is 24.3 Å². The Morgan fingerprint density at radius 1 is 1.26 bits per heavy atom. The molecule has 0 saturated heterocycles. The summed E-state index contributed by atoms with van der Waals surface area (Å²) >= 11 is 1.40. The van der Waals surface area contributed by atoms with Gasteiger partial charge in [0, 0.05) is 18.1 Å². The highest BCUT2D eigenvalue weighted by molar-refractivity contribution is 7.09. The summed E-state index contributed by atoms with van der Waals surface area (Å²) in [5, 5.41) is 4.12. The fourth-order valence-corrected chi connectivity index (χ4v) is 2.48. The molecular weight excluding hydrogens is 258 g/mol. The minimum atomic E-state index is 0.638. The van der Waals surface area contributed by atoms with E-state index in [2.05, 4.69) is 31.6 Å². The number of benzene rings is 1. The molecule has 0 aliphatic heterocycles. The third kappa shape index (κ3) is 2.73. The molecule has 6 heteroatoms. The van der Waals surface area contributed by atoms with Crippen LogP contribution in [0.25, 0.3) is 11.0 Å². The Kier molecular flexibility index (Phi) is 3.41. The molecule has 0 atom stereocenters. The average Bonchev–Trinajstić information content (AvgIpc) is 3.02. The van der Waals surface area contributed by atoms with Gasteiger partial charge in [0.2, 0.25) is 5.13 Å². The van der Waals surface area contributed by atoms with Crippen molar-refractivity contribution in [2.75, 3.05) is 11.9 Å². The Balaban J connectivity index is 1.75. The molecule has 19 heavy (non-hydrogen) atoms. The molecule has 0 amide bonds. The van der Waals surface area contributed by atoms with Gasteiger partial charge in [-0.05, 0) is 18.6 Å². The number of hydrogen-bond donors (Lipinski definition) is 2. The lowest BCUT2D eigenvalue weighted by Gasteiger charge is -1.95. The standard InChI is InChI=1S/C13H15N5S/c1-2-7-14-13-17-12(18-19-13)8-11-15-9-5-3-4-6-10(9)16-11/h3-6H,2,7-8H2,1H3,(H,15,16)(H,14,17,18). The van der Waals surface area contributed by atoms with Gasteiger partial charge in [-0.1, -0.05) is 19.1 Å². The quantitative estimate of drug-likeness (QED) is 0.750. The summed E-state index contributed by atoms with van der Waals surface area (Å²) in [5.74, 6) is 1.71. The summed E-state index contributed by atoms with van der Waals surface area (Å²) in [4.78, 5) is 12.3. The number of anilines is 1. The number of hydrogen-bond acceptors (Lipinski definition) is 5. The molecule has 5 nitrogen and oxygen atoms in total. The second-order valence-electron chi connectivity index (χ2n) is 4.32. The molecule has 2 heterocycles. The van der Waals surface area contributed by atoms with E-state index < -0.39 is 0 Å². The first-order chi connectivity index (χ1) is 9.35. The number of nitrogens with zero attached hydrogens (tertiary/aromatic N) is 3. The molecule has 0 fully saturated rings. The van der Waals surface area contributed by atoms with Crippen LogP contribution in [-0.4, -0.2) is 25.9 Å². The summed E-state index contributed by atoms with van der Waals surface area (Å²) in [6.07, 6.45) is 1.72. The molecule has 0 unspecified atom stereocenters. The smallest absolute Gasteiger partial charge is 0.202 e. The van der Waals surface area contributed by atoms with Crippen LogP contribution in [0.3, 0.4) is 0 Å². The second-order valence-corrected chi connectivity index (χ2v) is 5.07. The van der Waals surface area contributed by atoms with E-state index in [9.17, 15) is 0 Å². The van der Waals surface area contributed by atoms with Crippen LogP contribution in [0, 0.1) is 0 Å². The molecule has 98 valence electrons. The van der Waals surface area contributed by atoms with E-state index in [1.165, 1.54) is 11.5 Å². The van der Waals surface area contributed by atoms with Crippen molar-refractivity contribution in [3.8, 4) is 0 Å². The van der Waals surface area contributed by atoms with Crippen LogP contribution >= 0.6 is 11.5 Å². The Morgan fingerprint density at radius 3 is 3.00 bits per heavy atom. The van der Waals surface area contributed by atoms with E-state index in [0.717, 1.165) is 40.8 Å². The monoisotopic (exact) mass is 273 g/mol. The predicted octanol–water partition coefficient (Wildman–Crippen LogP) is 2.83. The average molecular weight is 273 g/mol. The first kappa shape index (κ1) is 12.1. The van der Waals surface area contributed by atoms with Crippen molar-refractivity contribution in [3.63, 3.8) is 0 Å². The van der Waals surface area contributed by atoms with Crippen molar-refractivity contribution >= 4 is 27.7 Å². The van der Waals surface area contributed by atoms with E-state index in [-0.39, 0.29) is 0 Å². The summed E-state index contributed by atoms with van der Waals surface area (Å²) in [6.45, 7) is 3.06. The van der Waals surface area contributed by atoms with Crippen molar-refractivity contribution in [2.45, 2.75) is 19.8 Å². The van der Waals surface area contributed by atoms with Gasteiger partial charge < -0.3 is 10.3 Å². The lowest BCUT2D eigenvalue weighted by atomic mass is 10.3. The zero-order valence-electron chi connectivity index (χ0n) is 10.7. The largest absolute Gasteiger partial charge is 0.360 e. The molecule has 1 aromatic carbocycles. The van der Waals surface area contributed by atoms with E-state index in [0.29, 0.717) is 6.42 Å². The van der Waals surface area contributed by atoms with E-state index in [1.807, 2.05) is 24.3 Å². The van der Waals surface area contributed by atoms with Gasteiger partial charge in [-0.3, -0.25) is 0 Å². The third-order valence-electron chi connectivity index (χ3n) is 2.76. The van der Waals surface area contributed by atoms with E-state index >= 15 is 0 Å². The number of H-pyrrole nitrogens is 1. The van der Waals surface area contributed by atoms with Gasteiger partial charge in [0.1, 0.15) is 5.82 Å². The second kappa shape index (κ2) is 5.36. The summed E-state index contributed by atoms with van der Waals surface area (Å²) in [6, 6.07) is 8.01. The van der Waals surface area contributed by atoms with Crippen LogP contribution in [0.2, 0.25) is 0 Å². The summed E-state index contributed by atoms with van der Waals surface area (Å²) < 4.78 is 4.34. The van der Waals surface area contributed by atoms with Crippen molar-refractivity contribution in [1.82, 2.24) is 19.3 Å². The molecule has 3 aromatic rings. The van der Waals surface area contributed by atoms with Crippen LogP contribution in [0.5, 0.6) is 0 Å². The van der Waals surface area contributed by atoms with Crippen LogP contribution in [0.1, 0.15) is 25.0 Å². The number of aromatic nitrogens is 4. The Hall–Kier alpha value is -1.95. The number of para-hydroxylation sites is 2. The number of imidazole rings is 1. The SMILES string of the molecule is CCCNc1nc(Cc2nc3ccccc3[nH]2)ns1. The zero-order chi connectivity index (χ0) is 13.1. The van der Waals surface area contributed by atoms with Gasteiger partial charge in [-0.2, -0.15) is 4.37 Å². The van der Waals surface area contributed by atoms with Gasteiger partial charge in [-0.25, -0.2) is 9.97 Å². The van der Waals surface area contributed by atoms with Crippen LogP contribution in [0.4, 0.5) is 5.13 Å². The highest BCUT2D eigenvalue weighted by atomic mass is 32.1. The molecule has 3 rings (SSSR count). The number of aromatic amines is 1. The maximum atomic E-state index is 4.53. The number of rotatable bonds is 5. The fraction of sp³-hybridized carbons (Fsp3) is 0.308. The molecule has 0 aliphatic rings. The summed E-state index contributed by atoms with van der Waals surface area (Å²) in [5.41, 5.74) is 2.04. The topological polar surface area (TPSA) is 66.5 Å². The lowest BCUT2D eigenvalue weighted by molar-refractivity contribution is 0.944. The van der Waals surface area contributed by atoms with Crippen molar-refractivity contribution < 1.29 is 0 Å². The minimum absolute atomic E-state index is 0.638. The molecule has 0 spiro atoms. The van der Waals surface area contributed by atoms with Gasteiger partial charge in [-0.15, -0.1) is 0 Å². The highest BCUT2D eigenvalue weighted by Gasteiger charge is 2.08. The zero-order valence-corrected chi connectivity index (χ0v) is 11.5. The minimum Gasteiger partial charge on any atom is -0.360 e. The number of fused-ring (bicyclic) bond motifs is 1. The first-order valence-electron chi connectivity index (χ1n) is 6.35. The Morgan fingerprint density at radius 2 is 2.16 bits per heavy atom. The maximum Gasteiger partial charge on any atom is 0.202 e. The molecule has 2 N–H and O–H groups in total. The van der Waals surface area contributed by atoms with E-state index in [4.69, 9.17) is 0 Å². The number of nitrogens with one attached hydrogen (secondary N) is 2. The highest BCUT2D eigenvalue weighted by Crippen LogP contribution is 2.15. The van der Waals surface area contributed by atoms with Crippen LogP contribution in [-0.2, 0) is 6.42 Å². The Bertz CT molecular complexity index is 639. The predicted molar refractivity (Wildman–Crippen MR) is 77.6 cm³/mol. The van der Waals surface area contributed by atoms with Gasteiger partial charge >= 0.3 is 0 Å². The first-order valence-corrected chi connectivity index (χ1v) is 7.12. The lowest BCUT2D eigenvalue weighted by Crippen LogP contribution is -1.99. The fourth-order valence-electron chi connectivity index (χ4n) is 1.87. The molecule has 0 aliphatic carbocycles. The Labute approximate surface area is 115 Å². The van der Waals surface area contributed by atoms with E-state index in [1.54, 1.807) is 0 Å². The van der Waals surface area contributed by atoms with Gasteiger partial charge in [0.25, 0.3) is 0 Å². The van der Waals surface area contributed by atoms with Crippen molar-refractivity contribution in [2.24, 2.45) is 0 Å². The third-order valence-corrected chi connectivity index (χ3v) is 3.47. The van der Waals surface area contributed by atoms with Gasteiger partial charge in [0.15, 0.2) is 5.82 Å². The molecular formula is C13H15N5S. The molecule has 0 radical (unpaired) electrons. The van der Waals surface area contributed by atoms with Crippen LogP contribution < -0.4 is 5.32 Å². The normalized spacial score (nSPS) is 11.0. The van der Waals surface area contributed by atoms with Gasteiger partial charge in [0.05, 0.1) is 17.5 Å². The molecule has 2 aromatic heterocycles. The maximum absolute atomic E-state index is 4.53. The molecule has 0 saturated carbocycles. The summed E-state index contributed by atoms with van der Waals surface area (Å²) in [7, 11) is 0. The van der Waals surface area contributed by atoms with Crippen molar-refractivity contribution in [1.29, 1.82) is 0 Å².